The van der Waals surface area contributed by atoms with E-state index in [0.717, 1.165) is 31.4 Å². The van der Waals surface area contributed by atoms with E-state index >= 15 is 0 Å². The summed E-state index contributed by atoms with van der Waals surface area (Å²) in [6, 6.07) is 0.295. The molecule has 2 aliphatic heterocycles. The van der Waals surface area contributed by atoms with Gasteiger partial charge in [0, 0.05) is 19.2 Å². The molecule has 0 spiro atoms. The van der Waals surface area contributed by atoms with Gasteiger partial charge in [-0.2, -0.15) is 0 Å². The molecule has 0 bridgehead atoms. The fraction of sp³-hybridized carbons (Fsp3) is 0.750. The van der Waals surface area contributed by atoms with Crippen molar-refractivity contribution in [2.24, 2.45) is 0 Å². The third-order valence-corrected chi connectivity index (χ3v) is 3.85. The van der Waals surface area contributed by atoms with Gasteiger partial charge in [-0.15, -0.1) is 0 Å². The third kappa shape index (κ3) is 1.57. The van der Waals surface area contributed by atoms with E-state index in [9.17, 15) is 4.79 Å². The average molecular weight is 225 g/mol. The highest BCUT2D eigenvalue weighted by molar-refractivity contribution is 5.82. The van der Waals surface area contributed by atoms with Crippen LogP contribution in [0.15, 0.2) is 12.2 Å². The minimum absolute atomic E-state index is 0.147. The lowest BCUT2D eigenvalue weighted by Crippen LogP contribution is -2.49. The Balaban J connectivity index is 2.23. The van der Waals surface area contributed by atoms with Crippen LogP contribution in [-0.4, -0.2) is 47.8 Å². The smallest absolute Gasteiger partial charge is 0.326 e. The summed E-state index contributed by atoms with van der Waals surface area (Å²) < 4.78 is 4.93. The molecule has 2 heterocycles. The number of rotatable bonds is 3. The van der Waals surface area contributed by atoms with Crippen LogP contribution in [-0.2, 0) is 9.53 Å². The van der Waals surface area contributed by atoms with Crippen LogP contribution in [0.4, 0.5) is 0 Å². The number of fused-ring (bicyclic) bond motifs is 1. The van der Waals surface area contributed by atoms with Crippen molar-refractivity contribution in [2.75, 3.05) is 20.3 Å². The largest absolute Gasteiger partial charge is 0.468 e. The molecule has 0 amide bonds. The molecule has 2 aliphatic rings. The van der Waals surface area contributed by atoms with Crippen molar-refractivity contribution in [1.29, 1.82) is 0 Å². The summed E-state index contributed by atoms with van der Waals surface area (Å²) in [4.78, 5) is 14.1. The van der Waals surface area contributed by atoms with Crippen LogP contribution in [0.1, 0.15) is 25.7 Å². The van der Waals surface area contributed by atoms with Gasteiger partial charge in [0.1, 0.15) is 5.54 Å². The van der Waals surface area contributed by atoms with E-state index in [1.807, 2.05) is 0 Å². The predicted octanol–water partition coefficient (Wildman–Crippen LogP) is 0.705. The SMILES string of the molecule is C=C1CN2[C@H](CCO)CC[C@@]2(C(=O)OC)C1. The number of methoxy groups -OCH3 is 1. The van der Waals surface area contributed by atoms with Gasteiger partial charge in [-0.25, -0.2) is 0 Å². The van der Waals surface area contributed by atoms with Crippen LogP contribution in [0.2, 0.25) is 0 Å². The highest BCUT2D eigenvalue weighted by Gasteiger charge is 2.55. The Morgan fingerprint density at radius 3 is 3.12 bits per heavy atom. The molecule has 4 nitrogen and oxygen atoms in total. The molecule has 1 N–H and O–H groups in total. The maximum atomic E-state index is 11.9. The Kier molecular flexibility index (Phi) is 3.04. The van der Waals surface area contributed by atoms with Crippen LogP contribution in [0.3, 0.4) is 0 Å². The Morgan fingerprint density at radius 2 is 2.50 bits per heavy atom. The minimum Gasteiger partial charge on any atom is -0.468 e. The number of hydrogen-bond donors (Lipinski definition) is 1. The van der Waals surface area contributed by atoms with Crippen molar-refractivity contribution in [3.05, 3.63) is 12.2 Å². The molecule has 4 heteroatoms. The summed E-state index contributed by atoms with van der Waals surface area (Å²) in [5.41, 5.74) is 0.610. The lowest BCUT2D eigenvalue weighted by molar-refractivity contribution is -0.152. The Morgan fingerprint density at radius 1 is 1.75 bits per heavy atom. The van der Waals surface area contributed by atoms with E-state index < -0.39 is 5.54 Å². The molecule has 2 rings (SSSR count). The molecule has 2 atom stereocenters. The van der Waals surface area contributed by atoms with Crippen molar-refractivity contribution in [3.8, 4) is 0 Å². The van der Waals surface area contributed by atoms with Gasteiger partial charge < -0.3 is 9.84 Å². The van der Waals surface area contributed by atoms with Crippen molar-refractivity contribution in [2.45, 2.75) is 37.3 Å². The van der Waals surface area contributed by atoms with E-state index in [4.69, 9.17) is 9.84 Å². The van der Waals surface area contributed by atoms with Crippen molar-refractivity contribution < 1.29 is 14.6 Å². The van der Waals surface area contributed by atoms with Crippen molar-refractivity contribution >= 4 is 5.97 Å². The lowest BCUT2D eigenvalue weighted by atomic mass is 9.93. The van der Waals surface area contributed by atoms with Crippen LogP contribution in [0.5, 0.6) is 0 Å². The quantitative estimate of drug-likeness (QED) is 0.567. The third-order valence-electron chi connectivity index (χ3n) is 3.85. The van der Waals surface area contributed by atoms with Crippen LogP contribution in [0, 0.1) is 0 Å². The normalized spacial score (nSPS) is 34.1. The molecular weight excluding hydrogens is 206 g/mol. The van der Waals surface area contributed by atoms with Gasteiger partial charge in [0.15, 0.2) is 0 Å². The van der Waals surface area contributed by atoms with Gasteiger partial charge in [0.05, 0.1) is 7.11 Å². The second-order valence-corrected chi connectivity index (χ2v) is 4.78. The first-order valence-corrected chi connectivity index (χ1v) is 5.77. The average Bonchev–Trinajstić information content (AvgIpc) is 2.75. The Hall–Kier alpha value is -0.870. The molecule has 0 radical (unpaired) electrons. The number of esters is 1. The predicted molar refractivity (Wildman–Crippen MR) is 59.9 cm³/mol. The summed E-state index contributed by atoms with van der Waals surface area (Å²) in [6.45, 7) is 4.92. The summed E-state index contributed by atoms with van der Waals surface area (Å²) in [5, 5.41) is 9.03. The second kappa shape index (κ2) is 4.18. The molecule has 0 unspecified atom stereocenters. The molecule has 0 aliphatic carbocycles. The minimum atomic E-state index is -0.480. The number of nitrogens with zero attached hydrogens (tertiary/aromatic N) is 1. The zero-order valence-corrected chi connectivity index (χ0v) is 9.74. The summed E-state index contributed by atoms with van der Waals surface area (Å²) >= 11 is 0. The van der Waals surface area contributed by atoms with Crippen LogP contribution < -0.4 is 0 Å². The number of aliphatic hydroxyl groups excluding tert-OH is 1. The zero-order valence-electron chi connectivity index (χ0n) is 9.74. The molecule has 2 fully saturated rings. The zero-order chi connectivity index (χ0) is 11.8. The fourth-order valence-electron chi connectivity index (χ4n) is 3.17. The first kappa shape index (κ1) is 11.6. The van der Waals surface area contributed by atoms with Gasteiger partial charge in [-0.05, 0) is 25.7 Å². The van der Waals surface area contributed by atoms with Crippen LogP contribution in [0.25, 0.3) is 0 Å². The number of carbonyl (C=O) groups is 1. The van der Waals surface area contributed by atoms with Gasteiger partial charge >= 0.3 is 5.97 Å². The first-order chi connectivity index (χ1) is 7.64. The van der Waals surface area contributed by atoms with Gasteiger partial charge in [0.25, 0.3) is 0 Å². The monoisotopic (exact) mass is 225 g/mol. The van der Waals surface area contributed by atoms with Gasteiger partial charge in [-0.3, -0.25) is 9.69 Å². The summed E-state index contributed by atoms with van der Waals surface area (Å²) in [5.74, 6) is -0.147. The maximum absolute atomic E-state index is 11.9. The molecule has 90 valence electrons. The van der Waals surface area contributed by atoms with E-state index in [1.54, 1.807) is 0 Å². The Labute approximate surface area is 95.9 Å². The standard InChI is InChI=1S/C12H19NO3/c1-9-7-12(11(15)16-2)5-3-10(4-6-14)13(12)8-9/h10,14H,1,3-8H2,2H3/t10-,12-/m0/s1. The van der Waals surface area contributed by atoms with E-state index in [2.05, 4.69) is 11.5 Å². The van der Waals surface area contributed by atoms with E-state index in [1.165, 1.54) is 7.11 Å². The topological polar surface area (TPSA) is 49.8 Å². The molecule has 0 aromatic carbocycles. The summed E-state index contributed by atoms with van der Waals surface area (Å²) in [7, 11) is 1.44. The molecule has 0 saturated carbocycles. The Bertz CT molecular complexity index is 315. The number of hydrogen-bond acceptors (Lipinski definition) is 4. The molecular formula is C12H19NO3. The second-order valence-electron chi connectivity index (χ2n) is 4.78. The van der Waals surface area contributed by atoms with Gasteiger partial charge in [-0.1, -0.05) is 12.2 Å². The van der Waals surface area contributed by atoms with Crippen LogP contribution >= 0.6 is 0 Å². The molecule has 0 aromatic heterocycles. The summed E-state index contributed by atoms with van der Waals surface area (Å²) in [6.07, 6.45) is 3.22. The highest BCUT2D eigenvalue weighted by atomic mass is 16.5. The first-order valence-electron chi connectivity index (χ1n) is 5.77. The fourth-order valence-corrected chi connectivity index (χ4v) is 3.17. The van der Waals surface area contributed by atoms with Crippen molar-refractivity contribution in [3.63, 3.8) is 0 Å². The van der Waals surface area contributed by atoms with Crippen molar-refractivity contribution in [1.82, 2.24) is 4.90 Å². The number of ether oxygens (including phenoxy) is 1. The molecule has 0 aromatic rings. The van der Waals surface area contributed by atoms with Gasteiger partial charge in [0.2, 0.25) is 0 Å². The number of aliphatic hydroxyl groups is 1. The highest BCUT2D eigenvalue weighted by Crippen LogP contribution is 2.45. The van der Waals surface area contributed by atoms with E-state index in [0.29, 0.717) is 12.5 Å². The number of carbonyl (C=O) groups excluding carboxylic acids is 1. The molecule has 2 saturated heterocycles. The molecule has 16 heavy (non-hydrogen) atoms. The maximum Gasteiger partial charge on any atom is 0.326 e. The van der Waals surface area contributed by atoms with E-state index in [-0.39, 0.29) is 12.6 Å². The lowest BCUT2D eigenvalue weighted by Gasteiger charge is -2.31.